The van der Waals surface area contributed by atoms with Crippen molar-refractivity contribution in [3.8, 4) is 0 Å². The van der Waals surface area contributed by atoms with E-state index >= 15 is 0 Å². The van der Waals surface area contributed by atoms with Gasteiger partial charge < -0.3 is 4.74 Å². The van der Waals surface area contributed by atoms with Gasteiger partial charge in [-0.25, -0.2) is 0 Å². The Morgan fingerprint density at radius 2 is 2.29 bits per heavy atom. The molecule has 1 N–H and O–H groups in total. The van der Waals surface area contributed by atoms with Crippen LogP contribution in [0.4, 0.5) is 4.79 Å². The fourth-order valence-electron chi connectivity index (χ4n) is 1.21. The van der Waals surface area contributed by atoms with Gasteiger partial charge in [0, 0.05) is 20.3 Å². The minimum atomic E-state index is -0.376. The van der Waals surface area contributed by atoms with Gasteiger partial charge >= 0.3 is 0 Å². The van der Waals surface area contributed by atoms with Crippen LogP contribution in [0.2, 0.25) is 0 Å². The number of carbonyl (C=O) groups is 2. The van der Waals surface area contributed by atoms with E-state index in [1.807, 2.05) is 11.9 Å². The predicted octanol–water partition coefficient (Wildman–Crippen LogP) is 0.264. The molecule has 0 saturated carbocycles. The molecule has 6 heteroatoms. The zero-order valence-corrected chi connectivity index (χ0v) is 9.10. The van der Waals surface area contributed by atoms with E-state index in [-0.39, 0.29) is 16.5 Å². The summed E-state index contributed by atoms with van der Waals surface area (Å²) in [5.74, 6) is -0.222. The van der Waals surface area contributed by atoms with Crippen LogP contribution in [0.1, 0.15) is 6.42 Å². The lowest BCUT2D eigenvalue weighted by Crippen LogP contribution is -2.37. The number of nitrogens with one attached hydrogen (secondary N) is 1. The molecule has 1 aliphatic heterocycles. The summed E-state index contributed by atoms with van der Waals surface area (Å²) in [6.07, 6.45) is 0.853. The molecule has 1 fully saturated rings. The number of nitrogens with zero attached hydrogens (tertiary/aromatic N) is 1. The zero-order valence-electron chi connectivity index (χ0n) is 8.28. The fraction of sp³-hybridized carbons (Fsp3) is 0.750. The van der Waals surface area contributed by atoms with Crippen LogP contribution in [0.15, 0.2) is 0 Å². The molecule has 0 spiro atoms. The number of hydrogen-bond donors (Lipinski definition) is 1. The van der Waals surface area contributed by atoms with Gasteiger partial charge in [-0.1, -0.05) is 0 Å². The van der Waals surface area contributed by atoms with Crippen molar-refractivity contribution in [1.29, 1.82) is 0 Å². The van der Waals surface area contributed by atoms with Gasteiger partial charge in [0.05, 0.1) is 0 Å². The Labute approximate surface area is 87.2 Å². The lowest BCUT2D eigenvalue weighted by molar-refractivity contribution is -0.121. The molecule has 14 heavy (non-hydrogen) atoms. The number of hydrogen-bond acceptors (Lipinski definition) is 5. The highest BCUT2D eigenvalue weighted by atomic mass is 32.2. The average molecular weight is 218 g/mol. The molecule has 1 heterocycles. The van der Waals surface area contributed by atoms with Gasteiger partial charge in [-0.15, -0.1) is 0 Å². The molecule has 5 nitrogen and oxygen atoms in total. The number of amides is 2. The van der Waals surface area contributed by atoms with Crippen LogP contribution in [0.3, 0.4) is 0 Å². The first-order valence-corrected chi connectivity index (χ1v) is 5.23. The number of methoxy groups -OCH3 is 1. The molecule has 0 aliphatic carbocycles. The van der Waals surface area contributed by atoms with Crippen molar-refractivity contribution < 1.29 is 14.3 Å². The highest BCUT2D eigenvalue weighted by Gasteiger charge is 2.34. The molecule has 0 aromatic heterocycles. The lowest BCUT2D eigenvalue weighted by atomic mass is 10.4. The van der Waals surface area contributed by atoms with Crippen molar-refractivity contribution in [2.24, 2.45) is 0 Å². The lowest BCUT2D eigenvalue weighted by Gasteiger charge is -2.19. The van der Waals surface area contributed by atoms with Gasteiger partial charge in [0.2, 0.25) is 0 Å². The van der Waals surface area contributed by atoms with E-state index in [0.29, 0.717) is 6.61 Å². The van der Waals surface area contributed by atoms with E-state index in [1.165, 1.54) is 0 Å². The topological polar surface area (TPSA) is 58.6 Å². The number of likely N-dealkylation sites (N-methyl/N-ethyl adjacent to an activating group) is 1. The molecule has 0 bridgehead atoms. The van der Waals surface area contributed by atoms with Crippen LogP contribution in [0.25, 0.3) is 0 Å². The van der Waals surface area contributed by atoms with E-state index in [2.05, 4.69) is 5.32 Å². The molecule has 0 radical (unpaired) electrons. The van der Waals surface area contributed by atoms with E-state index in [9.17, 15) is 9.59 Å². The highest BCUT2D eigenvalue weighted by molar-refractivity contribution is 8.15. The van der Waals surface area contributed by atoms with Crippen molar-refractivity contribution in [2.45, 2.75) is 11.8 Å². The summed E-state index contributed by atoms with van der Waals surface area (Å²) in [7, 11) is 3.46. The molecule has 1 saturated heterocycles. The molecule has 0 aromatic rings. The monoisotopic (exact) mass is 218 g/mol. The molecule has 80 valence electrons. The third-order valence-corrected chi connectivity index (χ3v) is 3.04. The normalized spacial score (nSPS) is 21.8. The van der Waals surface area contributed by atoms with Gasteiger partial charge in [-0.3, -0.25) is 19.8 Å². The van der Waals surface area contributed by atoms with Crippen LogP contribution in [0, 0.1) is 0 Å². The maximum Gasteiger partial charge on any atom is 0.287 e. The summed E-state index contributed by atoms with van der Waals surface area (Å²) in [6, 6.07) is 0. The SMILES string of the molecule is COCCCN(C)C1SC(=O)NC1=O. The van der Waals surface area contributed by atoms with Crippen molar-refractivity contribution >= 4 is 22.9 Å². The van der Waals surface area contributed by atoms with E-state index in [1.54, 1.807) is 7.11 Å². The second kappa shape index (κ2) is 5.33. The number of thioether (sulfide) groups is 1. The van der Waals surface area contributed by atoms with Gasteiger partial charge in [-0.2, -0.15) is 0 Å². The summed E-state index contributed by atoms with van der Waals surface area (Å²) in [4.78, 5) is 24.0. The standard InChI is InChI=1S/C8H14N2O3S/c1-10(4-3-5-13-2)7-6(11)9-8(12)14-7/h7H,3-5H2,1-2H3,(H,9,11,12). The third kappa shape index (κ3) is 2.97. The number of carbonyl (C=O) groups excluding carboxylic acids is 2. The number of ether oxygens (including phenoxy) is 1. The summed E-state index contributed by atoms with van der Waals surface area (Å²) in [5.41, 5.74) is 0. The molecule has 1 atom stereocenters. The summed E-state index contributed by atoms with van der Waals surface area (Å²) >= 11 is 1.03. The van der Waals surface area contributed by atoms with Crippen LogP contribution in [-0.2, 0) is 9.53 Å². The summed E-state index contributed by atoms with van der Waals surface area (Å²) in [6.45, 7) is 1.41. The van der Waals surface area contributed by atoms with Crippen molar-refractivity contribution in [3.63, 3.8) is 0 Å². The largest absolute Gasteiger partial charge is 0.385 e. The first kappa shape index (κ1) is 11.5. The third-order valence-electron chi connectivity index (χ3n) is 1.93. The fourth-order valence-corrected chi connectivity index (χ4v) is 2.03. The average Bonchev–Trinajstić information content (AvgIpc) is 2.45. The van der Waals surface area contributed by atoms with Crippen molar-refractivity contribution in [1.82, 2.24) is 10.2 Å². The van der Waals surface area contributed by atoms with Crippen molar-refractivity contribution in [3.05, 3.63) is 0 Å². The Hall–Kier alpha value is -0.590. The molecular weight excluding hydrogens is 204 g/mol. The van der Waals surface area contributed by atoms with Gasteiger partial charge in [0.1, 0.15) is 5.37 Å². The van der Waals surface area contributed by atoms with Gasteiger partial charge in [0.15, 0.2) is 0 Å². The molecule has 1 unspecified atom stereocenters. The Bertz CT molecular complexity index is 235. The molecule has 1 aliphatic rings. The zero-order chi connectivity index (χ0) is 10.6. The summed E-state index contributed by atoms with van der Waals surface area (Å²) in [5, 5.41) is 1.61. The van der Waals surface area contributed by atoms with Crippen molar-refractivity contribution in [2.75, 3.05) is 27.3 Å². The first-order valence-electron chi connectivity index (χ1n) is 4.36. The van der Waals surface area contributed by atoms with Gasteiger partial charge in [-0.05, 0) is 25.2 Å². The van der Waals surface area contributed by atoms with E-state index < -0.39 is 0 Å². The summed E-state index contributed by atoms with van der Waals surface area (Å²) < 4.78 is 4.90. The maximum absolute atomic E-state index is 11.2. The highest BCUT2D eigenvalue weighted by Crippen LogP contribution is 2.21. The number of rotatable bonds is 5. The molecule has 2 amide bonds. The molecule has 0 aromatic carbocycles. The second-order valence-corrected chi connectivity index (χ2v) is 4.13. The van der Waals surface area contributed by atoms with Crippen LogP contribution in [-0.4, -0.2) is 48.7 Å². The Morgan fingerprint density at radius 1 is 1.57 bits per heavy atom. The number of imide groups is 1. The van der Waals surface area contributed by atoms with Crippen LogP contribution < -0.4 is 5.32 Å². The quantitative estimate of drug-likeness (QED) is 0.671. The molecular formula is C8H14N2O3S. The predicted molar refractivity (Wildman–Crippen MR) is 54.0 cm³/mol. The smallest absolute Gasteiger partial charge is 0.287 e. The van der Waals surface area contributed by atoms with Gasteiger partial charge in [0.25, 0.3) is 11.1 Å². The van der Waals surface area contributed by atoms with Crippen LogP contribution >= 0.6 is 11.8 Å². The molecule has 1 rings (SSSR count). The van der Waals surface area contributed by atoms with E-state index in [0.717, 1.165) is 24.7 Å². The maximum atomic E-state index is 11.2. The van der Waals surface area contributed by atoms with E-state index in [4.69, 9.17) is 4.74 Å². The van der Waals surface area contributed by atoms with Crippen LogP contribution in [0.5, 0.6) is 0 Å². The minimum Gasteiger partial charge on any atom is -0.385 e. The minimum absolute atomic E-state index is 0.222. The second-order valence-electron chi connectivity index (χ2n) is 3.07. The Balaban J connectivity index is 2.33. The first-order chi connectivity index (χ1) is 6.65. The Morgan fingerprint density at radius 3 is 2.79 bits per heavy atom. The Kier molecular flexibility index (Phi) is 4.37.